The van der Waals surface area contributed by atoms with Gasteiger partial charge in [-0.15, -0.1) is 0 Å². The number of carbonyl (C=O) groups excluding carboxylic acids is 1. The Hall–Kier alpha value is -1.58. The fourth-order valence-electron chi connectivity index (χ4n) is 1.38. The van der Waals surface area contributed by atoms with Crippen LogP contribution in [0.15, 0.2) is 24.3 Å². The monoisotopic (exact) mass is 209 g/mol. The lowest BCUT2D eigenvalue weighted by Gasteiger charge is -2.24. The van der Waals surface area contributed by atoms with E-state index in [0.717, 1.165) is 0 Å². The third kappa shape index (κ3) is 3.23. The zero-order valence-corrected chi connectivity index (χ0v) is 8.69. The average Bonchev–Trinajstić information content (AvgIpc) is 2.18. The van der Waals surface area contributed by atoms with Crippen molar-refractivity contribution in [3.63, 3.8) is 0 Å². The number of hydrogen-bond acceptors (Lipinski definition) is 2. The standard InChI is InChI=1S/C11H15NO3/c1-11(6-3-2-4-7-11)10(15)12-8-5-9(13)14/h2-4,6H,5,7-8H2,1H3,(H,12,15)(H,13,14). The second-order valence-electron chi connectivity index (χ2n) is 3.81. The molecule has 1 aliphatic rings. The highest BCUT2D eigenvalue weighted by atomic mass is 16.4. The molecule has 0 radical (unpaired) electrons. The first-order chi connectivity index (χ1) is 7.04. The van der Waals surface area contributed by atoms with Crippen molar-refractivity contribution in [2.45, 2.75) is 19.8 Å². The summed E-state index contributed by atoms with van der Waals surface area (Å²) in [6, 6.07) is 0. The van der Waals surface area contributed by atoms with E-state index in [1.807, 2.05) is 31.2 Å². The minimum atomic E-state index is -0.903. The Morgan fingerprint density at radius 1 is 1.47 bits per heavy atom. The smallest absolute Gasteiger partial charge is 0.305 e. The normalized spacial score (nSPS) is 23.8. The third-order valence-corrected chi connectivity index (χ3v) is 2.40. The van der Waals surface area contributed by atoms with Gasteiger partial charge in [0.2, 0.25) is 5.91 Å². The van der Waals surface area contributed by atoms with Gasteiger partial charge in [-0.25, -0.2) is 0 Å². The molecule has 1 unspecified atom stereocenters. The maximum atomic E-state index is 11.7. The van der Waals surface area contributed by atoms with Crippen molar-refractivity contribution in [3.8, 4) is 0 Å². The van der Waals surface area contributed by atoms with Crippen LogP contribution >= 0.6 is 0 Å². The fourth-order valence-corrected chi connectivity index (χ4v) is 1.38. The van der Waals surface area contributed by atoms with Crippen LogP contribution in [0.2, 0.25) is 0 Å². The van der Waals surface area contributed by atoms with E-state index < -0.39 is 11.4 Å². The molecule has 1 aliphatic carbocycles. The Morgan fingerprint density at radius 2 is 2.20 bits per heavy atom. The van der Waals surface area contributed by atoms with Gasteiger partial charge in [0.05, 0.1) is 11.8 Å². The quantitative estimate of drug-likeness (QED) is 0.728. The summed E-state index contributed by atoms with van der Waals surface area (Å²) in [7, 11) is 0. The number of amides is 1. The van der Waals surface area contributed by atoms with Crippen LogP contribution in [0.5, 0.6) is 0 Å². The van der Waals surface area contributed by atoms with E-state index in [-0.39, 0.29) is 18.9 Å². The largest absolute Gasteiger partial charge is 0.481 e. The zero-order valence-electron chi connectivity index (χ0n) is 8.69. The van der Waals surface area contributed by atoms with Crippen molar-refractivity contribution >= 4 is 11.9 Å². The summed E-state index contributed by atoms with van der Waals surface area (Å²) in [6.07, 6.45) is 8.11. The van der Waals surface area contributed by atoms with Crippen LogP contribution < -0.4 is 5.32 Å². The van der Waals surface area contributed by atoms with Crippen molar-refractivity contribution in [2.75, 3.05) is 6.54 Å². The summed E-state index contributed by atoms with van der Waals surface area (Å²) in [5, 5.41) is 11.0. The minimum Gasteiger partial charge on any atom is -0.481 e. The predicted octanol–water partition coefficient (Wildman–Crippen LogP) is 1.10. The molecule has 1 rings (SSSR count). The van der Waals surface area contributed by atoms with E-state index in [0.29, 0.717) is 6.42 Å². The first-order valence-electron chi connectivity index (χ1n) is 4.89. The van der Waals surface area contributed by atoms with Crippen LogP contribution in [-0.2, 0) is 9.59 Å². The molecule has 0 fully saturated rings. The molecule has 0 bridgehead atoms. The summed E-state index contributed by atoms with van der Waals surface area (Å²) in [6.45, 7) is 2.02. The van der Waals surface area contributed by atoms with E-state index in [1.54, 1.807) is 0 Å². The second kappa shape index (κ2) is 4.77. The van der Waals surface area contributed by atoms with Crippen molar-refractivity contribution in [1.82, 2.24) is 5.32 Å². The first kappa shape index (κ1) is 11.5. The highest BCUT2D eigenvalue weighted by molar-refractivity contribution is 5.85. The number of rotatable bonds is 4. The topological polar surface area (TPSA) is 66.4 Å². The average molecular weight is 209 g/mol. The third-order valence-electron chi connectivity index (χ3n) is 2.40. The Labute approximate surface area is 88.7 Å². The van der Waals surface area contributed by atoms with Crippen molar-refractivity contribution in [3.05, 3.63) is 24.3 Å². The van der Waals surface area contributed by atoms with Gasteiger partial charge in [-0.05, 0) is 13.3 Å². The highest BCUT2D eigenvalue weighted by Gasteiger charge is 2.29. The molecule has 0 aliphatic heterocycles. The van der Waals surface area contributed by atoms with Crippen LogP contribution in [0.4, 0.5) is 0 Å². The Morgan fingerprint density at radius 3 is 2.73 bits per heavy atom. The van der Waals surface area contributed by atoms with E-state index in [4.69, 9.17) is 5.11 Å². The minimum absolute atomic E-state index is 0.0403. The van der Waals surface area contributed by atoms with Gasteiger partial charge in [0.1, 0.15) is 0 Å². The number of nitrogens with one attached hydrogen (secondary N) is 1. The summed E-state index contributed by atoms with van der Waals surface area (Å²) in [5.41, 5.74) is -0.534. The molecule has 0 heterocycles. The van der Waals surface area contributed by atoms with Crippen LogP contribution in [0, 0.1) is 5.41 Å². The molecule has 1 atom stereocenters. The molecule has 0 saturated heterocycles. The van der Waals surface area contributed by atoms with Gasteiger partial charge in [-0.3, -0.25) is 9.59 Å². The van der Waals surface area contributed by atoms with Gasteiger partial charge >= 0.3 is 5.97 Å². The Balaban J connectivity index is 2.43. The zero-order chi connectivity index (χ0) is 11.3. The number of aliphatic carboxylic acids is 1. The van der Waals surface area contributed by atoms with Crippen molar-refractivity contribution in [1.29, 1.82) is 0 Å². The van der Waals surface area contributed by atoms with Gasteiger partial charge in [0.15, 0.2) is 0 Å². The second-order valence-corrected chi connectivity index (χ2v) is 3.81. The van der Waals surface area contributed by atoms with E-state index in [2.05, 4.69) is 5.32 Å². The van der Waals surface area contributed by atoms with Crippen molar-refractivity contribution < 1.29 is 14.7 Å². The number of carboxylic acid groups (broad SMARTS) is 1. The van der Waals surface area contributed by atoms with Gasteiger partial charge in [-0.2, -0.15) is 0 Å². The number of hydrogen-bond donors (Lipinski definition) is 2. The fraction of sp³-hybridized carbons (Fsp3) is 0.455. The van der Waals surface area contributed by atoms with E-state index in [9.17, 15) is 9.59 Å². The van der Waals surface area contributed by atoms with Crippen LogP contribution in [-0.4, -0.2) is 23.5 Å². The lowest BCUT2D eigenvalue weighted by Crippen LogP contribution is -2.38. The lowest BCUT2D eigenvalue weighted by atomic mass is 9.83. The molecular weight excluding hydrogens is 194 g/mol. The van der Waals surface area contributed by atoms with Crippen LogP contribution in [0.3, 0.4) is 0 Å². The molecule has 4 heteroatoms. The van der Waals surface area contributed by atoms with Gasteiger partial charge in [-0.1, -0.05) is 24.3 Å². The molecule has 0 aromatic carbocycles. The molecule has 2 N–H and O–H groups in total. The molecule has 1 amide bonds. The van der Waals surface area contributed by atoms with Gasteiger partial charge < -0.3 is 10.4 Å². The van der Waals surface area contributed by atoms with E-state index in [1.165, 1.54) is 0 Å². The van der Waals surface area contributed by atoms with Gasteiger partial charge in [0.25, 0.3) is 0 Å². The number of carboxylic acids is 1. The summed E-state index contributed by atoms with van der Waals surface area (Å²) >= 11 is 0. The molecule has 0 spiro atoms. The molecule has 0 aromatic rings. The first-order valence-corrected chi connectivity index (χ1v) is 4.89. The van der Waals surface area contributed by atoms with E-state index >= 15 is 0 Å². The molecule has 82 valence electrons. The summed E-state index contributed by atoms with van der Waals surface area (Å²) in [5.74, 6) is -1.02. The predicted molar refractivity (Wildman–Crippen MR) is 56.3 cm³/mol. The molecule has 0 aromatic heterocycles. The van der Waals surface area contributed by atoms with Crippen molar-refractivity contribution in [2.24, 2.45) is 5.41 Å². The molecule has 15 heavy (non-hydrogen) atoms. The number of carbonyl (C=O) groups is 2. The molecular formula is C11H15NO3. The van der Waals surface area contributed by atoms with Gasteiger partial charge in [0, 0.05) is 6.54 Å². The molecule has 0 saturated carbocycles. The SMILES string of the molecule is CC1(C(=O)NCCC(=O)O)C=CC=CC1. The Bertz CT molecular complexity index is 320. The maximum absolute atomic E-state index is 11.7. The Kier molecular flexibility index (Phi) is 3.66. The highest BCUT2D eigenvalue weighted by Crippen LogP contribution is 2.26. The lowest BCUT2D eigenvalue weighted by molar-refractivity contribution is -0.137. The maximum Gasteiger partial charge on any atom is 0.305 e. The molecule has 4 nitrogen and oxygen atoms in total. The summed E-state index contributed by atoms with van der Waals surface area (Å²) < 4.78 is 0. The number of allylic oxidation sites excluding steroid dienone is 3. The van der Waals surface area contributed by atoms with Crippen LogP contribution in [0.25, 0.3) is 0 Å². The summed E-state index contributed by atoms with van der Waals surface area (Å²) in [4.78, 5) is 22.0. The van der Waals surface area contributed by atoms with Crippen LogP contribution in [0.1, 0.15) is 19.8 Å².